The maximum atomic E-state index is 9.75. The van der Waals surface area contributed by atoms with E-state index in [4.69, 9.17) is 5.11 Å². The fourth-order valence-corrected chi connectivity index (χ4v) is 0.779. The van der Waals surface area contributed by atoms with Crippen LogP contribution in [0.2, 0.25) is 0 Å². The highest BCUT2D eigenvalue weighted by Crippen LogP contribution is 2.06. The molecule has 86 valence electrons. The lowest BCUT2D eigenvalue weighted by Gasteiger charge is -1.94. The van der Waals surface area contributed by atoms with Crippen LogP contribution in [-0.2, 0) is 13.6 Å². The Balaban J connectivity index is 0.000000336. The van der Waals surface area contributed by atoms with Crippen LogP contribution in [0.5, 0.6) is 0 Å². The van der Waals surface area contributed by atoms with Crippen molar-refractivity contribution >= 4 is 7.25 Å². The summed E-state index contributed by atoms with van der Waals surface area (Å²) in [7, 11) is -4.04. The number of aryl methyl sites for hydroxylation is 1. The van der Waals surface area contributed by atoms with E-state index >= 15 is 0 Å². The molecule has 0 bridgehead atoms. The van der Waals surface area contributed by atoms with Gasteiger partial charge >= 0.3 is 7.25 Å². The van der Waals surface area contributed by atoms with Crippen molar-refractivity contribution in [2.75, 3.05) is 0 Å². The lowest BCUT2D eigenvalue weighted by atomic mass is 10.3. The molecule has 1 rings (SSSR count). The Kier molecular flexibility index (Phi) is 5.50. The molecule has 0 radical (unpaired) electrons. The van der Waals surface area contributed by atoms with Gasteiger partial charge < -0.3 is 22.4 Å². The minimum atomic E-state index is -6.00. The molecule has 0 spiro atoms. The van der Waals surface area contributed by atoms with Gasteiger partial charge in [0.15, 0.2) is 0 Å². The number of halogens is 4. The zero-order valence-corrected chi connectivity index (χ0v) is 8.02. The van der Waals surface area contributed by atoms with Crippen molar-refractivity contribution in [1.82, 2.24) is 4.57 Å². The number of aliphatic hydroxyl groups is 1. The molecular formula is C7H11BF4N2O. The summed E-state index contributed by atoms with van der Waals surface area (Å²) >= 11 is 0. The molecule has 0 atom stereocenters. The molecule has 1 N–H and O–H groups in total. The van der Waals surface area contributed by atoms with Crippen LogP contribution in [0.15, 0.2) is 31.1 Å². The first kappa shape index (κ1) is 13.5. The number of imidazole rings is 1. The highest BCUT2D eigenvalue weighted by molar-refractivity contribution is 6.50. The molecule has 0 aliphatic rings. The molecule has 0 saturated heterocycles. The highest BCUT2D eigenvalue weighted by atomic mass is 19.5. The first-order valence-electron chi connectivity index (χ1n) is 4.00. The Bertz CT molecular complexity index is 304. The summed E-state index contributed by atoms with van der Waals surface area (Å²) in [5.74, 6) is 0. The zero-order chi connectivity index (χ0) is 11.9. The predicted molar refractivity (Wildman–Crippen MR) is 47.6 cm³/mol. The van der Waals surface area contributed by atoms with Gasteiger partial charge in [-0.1, -0.05) is 0 Å². The molecule has 0 amide bonds. The maximum Gasteiger partial charge on any atom is 0.673 e. The Morgan fingerprint density at radius 3 is 2.27 bits per heavy atom. The average Bonchev–Trinajstić information content (AvgIpc) is 2.45. The van der Waals surface area contributed by atoms with Gasteiger partial charge in [0.1, 0.15) is 18.9 Å². The lowest BCUT2D eigenvalue weighted by Crippen LogP contribution is -2.23. The highest BCUT2D eigenvalue weighted by Gasteiger charge is 2.20. The third kappa shape index (κ3) is 10.5. The fraction of sp³-hybridized carbons (Fsp3) is 0.286. The quantitative estimate of drug-likeness (QED) is 0.353. The minimum absolute atomic E-state index is 0.720. The SMILES string of the molecule is C[n+]1ccn(CC=CO)c1.F[B-](F)(F)F. The van der Waals surface area contributed by atoms with Gasteiger partial charge in [0.2, 0.25) is 6.33 Å². The molecule has 3 nitrogen and oxygen atoms in total. The molecule has 1 aromatic rings. The van der Waals surface area contributed by atoms with Crippen molar-refractivity contribution in [2.24, 2.45) is 7.05 Å². The Hall–Kier alpha value is -1.47. The van der Waals surface area contributed by atoms with E-state index in [9.17, 15) is 17.3 Å². The molecule has 0 saturated carbocycles. The van der Waals surface area contributed by atoms with E-state index in [0.717, 1.165) is 12.8 Å². The molecule has 0 unspecified atom stereocenters. The monoisotopic (exact) mass is 226 g/mol. The Morgan fingerprint density at radius 2 is 1.93 bits per heavy atom. The van der Waals surface area contributed by atoms with Crippen LogP contribution in [0.4, 0.5) is 17.3 Å². The van der Waals surface area contributed by atoms with E-state index in [1.807, 2.05) is 34.9 Å². The smallest absolute Gasteiger partial charge is 0.516 e. The number of nitrogens with zero attached hydrogens (tertiary/aromatic N) is 2. The molecule has 1 aromatic heterocycles. The normalized spacial score (nSPS) is 11.3. The summed E-state index contributed by atoms with van der Waals surface area (Å²) in [6, 6.07) is 0. The first-order valence-corrected chi connectivity index (χ1v) is 4.00. The van der Waals surface area contributed by atoms with Crippen molar-refractivity contribution in [3.8, 4) is 0 Å². The van der Waals surface area contributed by atoms with Crippen LogP contribution in [0.1, 0.15) is 0 Å². The average molecular weight is 226 g/mol. The number of allylic oxidation sites excluding steroid dienone is 1. The van der Waals surface area contributed by atoms with E-state index in [1.54, 1.807) is 6.08 Å². The van der Waals surface area contributed by atoms with Crippen molar-refractivity contribution in [3.63, 3.8) is 0 Å². The van der Waals surface area contributed by atoms with Gasteiger partial charge in [0, 0.05) is 0 Å². The zero-order valence-electron chi connectivity index (χ0n) is 8.02. The molecule has 1 heterocycles. The van der Waals surface area contributed by atoms with E-state index in [0.29, 0.717) is 0 Å². The van der Waals surface area contributed by atoms with Gasteiger partial charge in [0.25, 0.3) is 0 Å². The number of rotatable bonds is 2. The minimum Gasteiger partial charge on any atom is -0.516 e. The van der Waals surface area contributed by atoms with Gasteiger partial charge in [-0.3, -0.25) is 0 Å². The van der Waals surface area contributed by atoms with Gasteiger partial charge in [-0.25, -0.2) is 9.13 Å². The fourth-order valence-electron chi connectivity index (χ4n) is 0.779. The predicted octanol–water partition coefficient (Wildman–Crippen LogP) is 1.68. The van der Waals surface area contributed by atoms with E-state index < -0.39 is 7.25 Å². The molecule has 0 aliphatic heterocycles. The third-order valence-corrected chi connectivity index (χ3v) is 1.25. The van der Waals surface area contributed by atoms with Crippen LogP contribution >= 0.6 is 0 Å². The summed E-state index contributed by atoms with van der Waals surface area (Å²) in [5, 5.41) is 8.33. The number of aliphatic hydroxyl groups excluding tert-OH is 1. The standard InChI is InChI=1S/C7H10N2O.BF4/c1-8-4-5-9(7-8)3-2-6-10;2-1(3,4)5/h2,4-7H,3H2,1H3;/q;-1/p+1. The Labute approximate surface area is 84.4 Å². The van der Waals surface area contributed by atoms with Crippen molar-refractivity contribution in [3.05, 3.63) is 31.1 Å². The second-order valence-electron chi connectivity index (χ2n) is 2.66. The van der Waals surface area contributed by atoms with Gasteiger partial charge in [-0.05, 0) is 6.08 Å². The second-order valence-corrected chi connectivity index (χ2v) is 2.66. The summed E-state index contributed by atoms with van der Waals surface area (Å²) in [6.45, 7) is 0.720. The summed E-state index contributed by atoms with van der Waals surface area (Å²) in [4.78, 5) is 0. The molecule has 8 heteroatoms. The summed E-state index contributed by atoms with van der Waals surface area (Å²) in [5.41, 5.74) is 0. The second kappa shape index (κ2) is 6.10. The molecule has 0 aromatic carbocycles. The molecular weight excluding hydrogens is 215 g/mol. The van der Waals surface area contributed by atoms with E-state index in [-0.39, 0.29) is 0 Å². The van der Waals surface area contributed by atoms with Crippen LogP contribution in [-0.4, -0.2) is 16.9 Å². The lowest BCUT2D eigenvalue weighted by molar-refractivity contribution is -0.671. The summed E-state index contributed by atoms with van der Waals surface area (Å²) in [6.07, 6.45) is 8.57. The first-order chi connectivity index (χ1) is 6.83. The van der Waals surface area contributed by atoms with Crippen LogP contribution in [0, 0.1) is 0 Å². The third-order valence-electron chi connectivity index (χ3n) is 1.25. The molecule has 15 heavy (non-hydrogen) atoms. The topological polar surface area (TPSA) is 29.0 Å². The van der Waals surface area contributed by atoms with Gasteiger partial charge in [-0.15, -0.1) is 0 Å². The van der Waals surface area contributed by atoms with E-state index in [1.165, 1.54) is 0 Å². The van der Waals surface area contributed by atoms with Crippen molar-refractivity contribution in [2.45, 2.75) is 6.54 Å². The van der Waals surface area contributed by atoms with Crippen LogP contribution in [0.25, 0.3) is 0 Å². The number of hydrogen-bond acceptors (Lipinski definition) is 1. The van der Waals surface area contributed by atoms with Gasteiger partial charge in [-0.2, -0.15) is 0 Å². The van der Waals surface area contributed by atoms with Crippen LogP contribution in [0.3, 0.4) is 0 Å². The molecule has 0 aliphatic carbocycles. The van der Waals surface area contributed by atoms with E-state index in [2.05, 4.69) is 0 Å². The van der Waals surface area contributed by atoms with Crippen molar-refractivity contribution < 1.29 is 26.9 Å². The van der Waals surface area contributed by atoms with Crippen molar-refractivity contribution in [1.29, 1.82) is 0 Å². The maximum absolute atomic E-state index is 9.75. The largest absolute Gasteiger partial charge is 0.673 e. The number of hydrogen-bond donors (Lipinski definition) is 1. The van der Waals surface area contributed by atoms with Gasteiger partial charge in [0.05, 0.1) is 13.3 Å². The molecule has 0 fully saturated rings. The van der Waals surface area contributed by atoms with Crippen LogP contribution < -0.4 is 4.57 Å². The summed E-state index contributed by atoms with van der Waals surface area (Å²) < 4.78 is 42.9. The Morgan fingerprint density at radius 1 is 1.40 bits per heavy atom. The number of aromatic nitrogens is 2.